The Labute approximate surface area is 116 Å². The lowest BCUT2D eigenvalue weighted by Gasteiger charge is -2.17. The zero-order valence-electron chi connectivity index (χ0n) is 10.9. The Morgan fingerprint density at radius 2 is 2.05 bits per heavy atom. The summed E-state index contributed by atoms with van der Waals surface area (Å²) in [4.78, 5) is 17.8. The number of benzodiazepines with no additional fused rings is 1. The molecular formula is C16H12FN2O. The second-order valence-corrected chi connectivity index (χ2v) is 4.54. The molecule has 2 aromatic carbocycles. The third kappa shape index (κ3) is 1.99. The lowest BCUT2D eigenvalue weighted by atomic mass is 10.00. The van der Waals surface area contributed by atoms with E-state index < -0.39 is 0 Å². The molecule has 4 heteroatoms. The van der Waals surface area contributed by atoms with E-state index in [1.54, 1.807) is 48.3 Å². The van der Waals surface area contributed by atoms with Gasteiger partial charge in [-0.05, 0) is 30.3 Å². The minimum absolute atomic E-state index is 0.00878. The maximum atomic E-state index is 14.0. The van der Waals surface area contributed by atoms with E-state index in [4.69, 9.17) is 0 Å². The lowest BCUT2D eigenvalue weighted by Crippen LogP contribution is -2.27. The van der Waals surface area contributed by atoms with Gasteiger partial charge >= 0.3 is 0 Å². The number of carbonyl (C=O) groups excluding carboxylic acids is 1. The van der Waals surface area contributed by atoms with Gasteiger partial charge in [-0.15, -0.1) is 0 Å². The van der Waals surface area contributed by atoms with Crippen LogP contribution in [-0.4, -0.2) is 25.2 Å². The van der Waals surface area contributed by atoms with E-state index >= 15 is 0 Å². The molecule has 1 aliphatic heterocycles. The first-order valence-electron chi connectivity index (χ1n) is 6.25. The van der Waals surface area contributed by atoms with Crippen LogP contribution in [0.3, 0.4) is 0 Å². The van der Waals surface area contributed by atoms with Gasteiger partial charge in [0.05, 0.1) is 11.4 Å². The molecule has 0 fully saturated rings. The van der Waals surface area contributed by atoms with Crippen molar-refractivity contribution in [2.24, 2.45) is 4.99 Å². The third-order valence-corrected chi connectivity index (χ3v) is 3.33. The Kier molecular flexibility index (Phi) is 3.06. The molecule has 0 aliphatic carbocycles. The summed E-state index contributed by atoms with van der Waals surface area (Å²) < 4.78 is 14.0. The summed E-state index contributed by atoms with van der Waals surface area (Å²) in [5.41, 5.74) is 2.32. The highest BCUT2D eigenvalue weighted by Gasteiger charge is 2.23. The van der Waals surface area contributed by atoms with Crippen LogP contribution < -0.4 is 4.90 Å². The number of carbonyl (C=O) groups is 1. The van der Waals surface area contributed by atoms with Crippen molar-refractivity contribution in [1.82, 2.24) is 0 Å². The molecule has 2 aromatic rings. The van der Waals surface area contributed by atoms with Crippen molar-refractivity contribution in [3.8, 4) is 0 Å². The molecule has 3 nitrogen and oxygen atoms in total. The maximum absolute atomic E-state index is 14.0. The molecule has 0 saturated heterocycles. The first kappa shape index (κ1) is 12.5. The number of halogens is 1. The smallest absolute Gasteiger partial charge is 0.248 e. The number of benzene rings is 2. The summed E-state index contributed by atoms with van der Waals surface area (Å²) in [6.45, 7) is 0.00878. The molecule has 0 N–H and O–H groups in total. The molecule has 0 unspecified atom stereocenters. The molecule has 20 heavy (non-hydrogen) atoms. The van der Waals surface area contributed by atoms with E-state index in [0.717, 1.165) is 0 Å². The van der Waals surface area contributed by atoms with Crippen LogP contribution in [0.25, 0.3) is 0 Å². The van der Waals surface area contributed by atoms with Crippen LogP contribution in [0.5, 0.6) is 0 Å². The minimum Gasteiger partial charge on any atom is -0.313 e. The highest BCUT2D eigenvalue weighted by molar-refractivity contribution is 6.19. The third-order valence-electron chi connectivity index (χ3n) is 3.33. The van der Waals surface area contributed by atoms with E-state index in [-0.39, 0.29) is 18.3 Å². The van der Waals surface area contributed by atoms with Gasteiger partial charge in [0.1, 0.15) is 12.4 Å². The zero-order chi connectivity index (χ0) is 14.1. The Balaban J connectivity index is 2.23. The average molecular weight is 267 g/mol. The zero-order valence-corrected chi connectivity index (χ0v) is 10.9. The molecule has 0 aromatic heterocycles. The molecule has 0 spiro atoms. The van der Waals surface area contributed by atoms with Gasteiger partial charge in [0, 0.05) is 18.2 Å². The molecular weight excluding hydrogens is 255 g/mol. The topological polar surface area (TPSA) is 32.7 Å². The SMILES string of the molecule is CN1C(=O)CN=C(c2ccccc2F)c2c[c]ccc21. The number of rotatable bonds is 1. The van der Waals surface area contributed by atoms with Crippen molar-refractivity contribution in [2.75, 3.05) is 18.5 Å². The highest BCUT2D eigenvalue weighted by Crippen LogP contribution is 2.26. The van der Waals surface area contributed by atoms with E-state index in [1.807, 2.05) is 0 Å². The molecule has 0 saturated carbocycles. The van der Waals surface area contributed by atoms with Crippen LogP contribution in [0.15, 0.2) is 47.5 Å². The average Bonchev–Trinajstić information content (AvgIpc) is 2.59. The minimum atomic E-state index is -0.349. The molecule has 99 valence electrons. The van der Waals surface area contributed by atoms with Crippen molar-refractivity contribution in [1.29, 1.82) is 0 Å². The van der Waals surface area contributed by atoms with Gasteiger partial charge < -0.3 is 4.90 Å². The molecule has 1 aliphatic rings. The lowest BCUT2D eigenvalue weighted by molar-refractivity contribution is -0.116. The molecule has 0 atom stereocenters. The highest BCUT2D eigenvalue weighted by atomic mass is 19.1. The van der Waals surface area contributed by atoms with Crippen LogP contribution in [-0.2, 0) is 4.79 Å². The summed E-state index contributed by atoms with van der Waals surface area (Å²) in [6.07, 6.45) is 0. The number of hydrogen-bond donors (Lipinski definition) is 0. The van der Waals surface area contributed by atoms with Gasteiger partial charge in [0.25, 0.3) is 0 Å². The fourth-order valence-electron chi connectivity index (χ4n) is 2.26. The molecule has 0 bridgehead atoms. The van der Waals surface area contributed by atoms with Crippen LogP contribution in [0, 0.1) is 11.9 Å². The summed E-state index contributed by atoms with van der Waals surface area (Å²) >= 11 is 0. The van der Waals surface area contributed by atoms with Crippen molar-refractivity contribution in [2.45, 2.75) is 0 Å². The molecule has 1 amide bonds. The Morgan fingerprint density at radius 3 is 2.85 bits per heavy atom. The van der Waals surface area contributed by atoms with Gasteiger partial charge in [0.15, 0.2) is 0 Å². The van der Waals surface area contributed by atoms with Crippen LogP contribution in [0.2, 0.25) is 0 Å². The largest absolute Gasteiger partial charge is 0.313 e. The number of aliphatic imine (C=N–C) groups is 1. The van der Waals surface area contributed by atoms with Gasteiger partial charge in [-0.3, -0.25) is 9.79 Å². The van der Waals surface area contributed by atoms with Crippen molar-refractivity contribution >= 4 is 17.3 Å². The van der Waals surface area contributed by atoms with Crippen LogP contribution in [0.4, 0.5) is 10.1 Å². The number of hydrogen-bond acceptors (Lipinski definition) is 2. The first-order chi connectivity index (χ1) is 9.68. The number of anilines is 1. The number of nitrogens with zero attached hydrogens (tertiary/aromatic N) is 2. The van der Waals surface area contributed by atoms with E-state index in [2.05, 4.69) is 11.1 Å². The van der Waals surface area contributed by atoms with Gasteiger partial charge in [-0.1, -0.05) is 18.2 Å². The molecule has 1 radical (unpaired) electrons. The second-order valence-electron chi connectivity index (χ2n) is 4.54. The quantitative estimate of drug-likeness (QED) is 0.781. The standard InChI is InChI=1S/C16H12FN2O/c1-19-14-9-5-3-7-12(14)16(18-10-15(19)20)11-6-2-4-8-13(11)17/h2,4-9H,10H2,1H3. The van der Waals surface area contributed by atoms with E-state index in [0.29, 0.717) is 22.5 Å². The van der Waals surface area contributed by atoms with E-state index in [1.165, 1.54) is 6.07 Å². The number of fused-ring (bicyclic) bond motifs is 1. The van der Waals surface area contributed by atoms with Gasteiger partial charge in [-0.25, -0.2) is 4.39 Å². The summed E-state index contributed by atoms with van der Waals surface area (Å²) in [6, 6.07) is 14.7. The Hall–Kier alpha value is -2.49. The predicted molar refractivity (Wildman–Crippen MR) is 75.6 cm³/mol. The summed E-state index contributed by atoms with van der Waals surface area (Å²) in [5, 5.41) is 0. The maximum Gasteiger partial charge on any atom is 0.248 e. The monoisotopic (exact) mass is 267 g/mol. The van der Waals surface area contributed by atoms with Crippen molar-refractivity contribution in [3.05, 3.63) is 65.5 Å². The van der Waals surface area contributed by atoms with E-state index in [9.17, 15) is 9.18 Å². The van der Waals surface area contributed by atoms with Crippen molar-refractivity contribution < 1.29 is 9.18 Å². The van der Waals surface area contributed by atoms with Crippen LogP contribution in [0.1, 0.15) is 11.1 Å². The fraction of sp³-hybridized carbons (Fsp3) is 0.125. The van der Waals surface area contributed by atoms with Crippen LogP contribution >= 0.6 is 0 Å². The number of amides is 1. The second kappa shape index (κ2) is 4.89. The number of likely N-dealkylation sites (N-methyl/N-ethyl adjacent to an activating group) is 1. The Morgan fingerprint density at radius 1 is 1.25 bits per heavy atom. The normalized spacial score (nSPS) is 14.6. The summed E-state index contributed by atoms with van der Waals surface area (Å²) in [5.74, 6) is -0.471. The predicted octanol–water partition coefficient (Wildman–Crippen LogP) is 2.44. The molecule has 3 rings (SSSR count). The first-order valence-corrected chi connectivity index (χ1v) is 6.25. The van der Waals surface area contributed by atoms with Gasteiger partial charge in [0.2, 0.25) is 5.91 Å². The fourth-order valence-corrected chi connectivity index (χ4v) is 2.26. The summed E-state index contributed by atoms with van der Waals surface area (Å²) in [7, 11) is 1.70. The van der Waals surface area contributed by atoms with Crippen molar-refractivity contribution in [3.63, 3.8) is 0 Å². The van der Waals surface area contributed by atoms with Gasteiger partial charge in [-0.2, -0.15) is 0 Å². The Bertz CT molecular complexity index is 709. The molecule has 1 heterocycles.